The van der Waals surface area contributed by atoms with Crippen molar-refractivity contribution in [1.82, 2.24) is 15.2 Å². The molecule has 32 heavy (non-hydrogen) atoms. The number of hydrogen-bond acceptors (Lipinski definition) is 6. The van der Waals surface area contributed by atoms with Crippen LogP contribution < -0.4 is 16.2 Å². The number of aromatic amines is 1. The Kier molecular flexibility index (Phi) is 7.32. The summed E-state index contributed by atoms with van der Waals surface area (Å²) in [5.41, 5.74) is 2.82. The highest BCUT2D eigenvalue weighted by Gasteiger charge is 2.19. The van der Waals surface area contributed by atoms with E-state index in [1.807, 2.05) is 19.9 Å². The van der Waals surface area contributed by atoms with Crippen molar-refractivity contribution in [2.24, 2.45) is 0 Å². The molecule has 1 atom stereocenters. The minimum absolute atomic E-state index is 0.0773. The zero-order valence-corrected chi connectivity index (χ0v) is 19.5. The maximum atomic E-state index is 12.7. The van der Waals surface area contributed by atoms with Crippen LogP contribution >= 0.6 is 23.4 Å². The Hall–Kier alpha value is -3.17. The van der Waals surface area contributed by atoms with Crippen LogP contribution in [0.3, 0.4) is 0 Å². The molecule has 2 aromatic carbocycles. The van der Waals surface area contributed by atoms with Crippen molar-refractivity contribution >= 4 is 46.6 Å². The van der Waals surface area contributed by atoms with Crippen LogP contribution in [0, 0.1) is 13.8 Å². The summed E-state index contributed by atoms with van der Waals surface area (Å²) in [6, 6.07) is 10.5. The Morgan fingerprint density at radius 3 is 2.53 bits per heavy atom. The van der Waals surface area contributed by atoms with Crippen molar-refractivity contribution in [2.75, 3.05) is 10.6 Å². The number of anilines is 2. The highest BCUT2D eigenvalue weighted by molar-refractivity contribution is 8.00. The van der Waals surface area contributed by atoms with Crippen molar-refractivity contribution in [2.45, 2.75) is 38.1 Å². The number of carbonyl (C=O) groups excluding carboxylic acids is 2. The molecule has 10 heteroatoms. The minimum Gasteiger partial charge on any atom is -0.326 e. The summed E-state index contributed by atoms with van der Waals surface area (Å²) < 4.78 is 0. The maximum absolute atomic E-state index is 12.7. The average Bonchev–Trinajstić information content (AvgIpc) is 2.72. The third kappa shape index (κ3) is 5.54. The van der Waals surface area contributed by atoms with Gasteiger partial charge in [-0.05, 0) is 50.6 Å². The molecule has 1 unspecified atom stereocenters. The molecule has 0 saturated carbocycles. The molecule has 1 heterocycles. The lowest BCUT2D eigenvalue weighted by atomic mass is 10.1. The van der Waals surface area contributed by atoms with Gasteiger partial charge in [0.05, 0.1) is 10.9 Å². The van der Waals surface area contributed by atoms with Gasteiger partial charge >= 0.3 is 0 Å². The summed E-state index contributed by atoms with van der Waals surface area (Å²) in [6.45, 7) is 6.77. The molecule has 0 saturated heterocycles. The molecule has 3 rings (SSSR count). The number of halogens is 1. The van der Waals surface area contributed by atoms with Gasteiger partial charge in [-0.2, -0.15) is 0 Å². The minimum atomic E-state index is -0.557. The van der Waals surface area contributed by atoms with Gasteiger partial charge < -0.3 is 10.6 Å². The first kappa shape index (κ1) is 23.5. The van der Waals surface area contributed by atoms with Crippen LogP contribution in [0.1, 0.15) is 25.0 Å². The van der Waals surface area contributed by atoms with E-state index in [0.29, 0.717) is 22.0 Å². The lowest BCUT2D eigenvalue weighted by Crippen LogP contribution is -2.24. The van der Waals surface area contributed by atoms with E-state index in [2.05, 4.69) is 25.8 Å². The monoisotopic (exact) mass is 471 g/mol. The largest absolute Gasteiger partial charge is 0.326 e. The Morgan fingerprint density at radius 2 is 1.84 bits per heavy atom. The number of aryl methyl sites for hydroxylation is 1. The Morgan fingerprint density at radius 1 is 1.09 bits per heavy atom. The van der Waals surface area contributed by atoms with Crippen LogP contribution in [0.5, 0.6) is 0 Å². The van der Waals surface area contributed by atoms with Gasteiger partial charge in [0.2, 0.25) is 11.8 Å². The van der Waals surface area contributed by atoms with Gasteiger partial charge in [0.15, 0.2) is 10.9 Å². The molecule has 0 aliphatic rings. The second-order valence-corrected chi connectivity index (χ2v) is 8.94. The molecule has 0 aliphatic carbocycles. The molecular weight excluding hydrogens is 450 g/mol. The van der Waals surface area contributed by atoms with Crippen molar-refractivity contribution in [3.05, 3.63) is 62.9 Å². The normalized spacial score (nSPS) is 11.7. The molecule has 0 spiro atoms. The molecule has 3 aromatic rings. The van der Waals surface area contributed by atoms with Crippen LogP contribution in [0.4, 0.5) is 11.4 Å². The molecule has 0 aliphatic heterocycles. The number of thioether (sulfide) groups is 1. The third-order valence-corrected chi connectivity index (χ3v) is 5.98. The molecular formula is C22H22ClN5O3S. The first-order chi connectivity index (χ1) is 15.2. The van der Waals surface area contributed by atoms with Crippen LogP contribution in [-0.4, -0.2) is 32.2 Å². The number of rotatable bonds is 6. The molecule has 166 valence electrons. The smallest absolute Gasteiger partial charge is 0.278 e. The van der Waals surface area contributed by atoms with E-state index < -0.39 is 10.8 Å². The van der Waals surface area contributed by atoms with Crippen LogP contribution in [-0.2, 0) is 9.59 Å². The number of H-pyrrole nitrogens is 1. The van der Waals surface area contributed by atoms with Crippen LogP contribution in [0.25, 0.3) is 11.3 Å². The van der Waals surface area contributed by atoms with Gasteiger partial charge in [-0.25, -0.2) is 0 Å². The standard InChI is InChI=1S/C22H22ClN5O3S/c1-11-8-9-18(24-14(4)29)15(10-11)19-21(31)26-22(28-27-19)32-13(3)20(30)25-17-7-5-6-16(23)12(17)2/h5-10,13H,1-4H3,(H,24,29)(H,25,30)(H,26,28,31). The number of aromatic nitrogens is 3. The van der Waals surface area contributed by atoms with Gasteiger partial charge in [0.1, 0.15) is 0 Å². The van der Waals surface area contributed by atoms with E-state index in [4.69, 9.17) is 11.6 Å². The summed E-state index contributed by atoms with van der Waals surface area (Å²) in [4.78, 5) is 39.5. The number of nitrogens with one attached hydrogen (secondary N) is 3. The third-order valence-electron chi connectivity index (χ3n) is 4.60. The fraction of sp³-hybridized carbons (Fsp3) is 0.227. The van der Waals surface area contributed by atoms with Gasteiger partial charge in [0.25, 0.3) is 5.56 Å². The zero-order chi connectivity index (χ0) is 23.4. The van der Waals surface area contributed by atoms with E-state index in [1.165, 1.54) is 6.92 Å². The number of hydrogen-bond donors (Lipinski definition) is 3. The van der Waals surface area contributed by atoms with E-state index in [9.17, 15) is 14.4 Å². The first-order valence-corrected chi connectivity index (χ1v) is 11.0. The maximum Gasteiger partial charge on any atom is 0.278 e. The Labute approximate surface area is 194 Å². The van der Waals surface area contributed by atoms with Crippen molar-refractivity contribution in [1.29, 1.82) is 0 Å². The lowest BCUT2D eigenvalue weighted by Gasteiger charge is -2.14. The molecule has 0 bridgehead atoms. The number of carbonyl (C=O) groups is 2. The summed E-state index contributed by atoms with van der Waals surface area (Å²) in [5, 5.41) is 13.9. The number of nitrogens with zero attached hydrogens (tertiary/aromatic N) is 2. The summed E-state index contributed by atoms with van der Waals surface area (Å²) in [5.74, 6) is -0.528. The van der Waals surface area contributed by atoms with Gasteiger partial charge in [-0.1, -0.05) is 41.1 Å². The highest BCUT2D eigenvalue weighted by atomic mass is 35.5. The highest BCUT2D eigenvalue weighted by Crippen LogP contribution is 2.27. The lowest BCUT2D eigenvalue weighted by molar-refractivity contribution is -0.115. The average molecular weight is 472 g/mol. The fourth-order valence-electron chi connectivity index (χ4n) is 2.90. The van der Waals surface area contributed by atoms with Crippen molar-refractivity contribution in [3.63, 3.8) is 0 Å². The van der Waals surface area contributed by atoms with Crippen molar-refractivity contribution in [3.8, 4) is 11.3 Å². The predicted octanol–water partition coefficient (Wildman–Crippen LogP) is 4.18. The quantitative estimate of drug-likeness (QED) is 0.464. The second-order valence-electron chi connectivity index (χ2n) is 7.20. The fourth-order valence-corrected chi connectivity index (χ4v) is 3.82. The molecule has 0 fully saturated rings. The van der Waals surface area contributed by atoms with Crippen LogP contribution in [0.15, 0.2) is 46.3 Å². The first-order valence-electron chi connectivity index (χ1n) is 9.74. The Bertz CT molecular complexity index is 1240. The van der Waals surface area contributed by atoms with Gasteiger partial charge in [0, 0.05) is 23.2 Å². The van der Waals surface area contributed by atoms with E-state index >= 15 is 0 Å². The van der Waals surface area contributed by atoms with Gasteiger partial charge in [-0.3, -0.25) is 19.4 Å². The second kappa shape index (κ2) is 9.97. The van der Waals surface area contributed by atoms with Crippen molar-refractivity contribution < 1.29 is 9.59 Å². The summed E-state index contributed by atoms with van der Waals surface area (Å²) in [6.07, 6.45) is 0. The predicted molar refractivity (Wildman–Crippen MR) is 127 cm³/mol. The molecule has 2 amide bonds. The van der Waals surface area contributed by atoms with Crippen LogP contribution in [0.2, 0.25) is 5.02 Å². The Balaban J connectivity index is 1.79. The molecule has 3 N–H and O–H groups in total. The van der Waals surface area contributed by atoms with E-state index in [-0.39, 0.29) is 22.7 Å². The van der Waals surface area contributed by atoms with Gasteiger partial charge in [-0.15, -0.1) is 10.2 Å². The SMILES string of the molecule is CC(=O)Nc1ccc(C)cc1-c1nnc(SC(C)C(=O)Nc2cccc(Cl)c2C)[nH]c1=O. The zero-order valence-electron chi connectivity index (χ0n) is 17.9. The number of benzene rings is 2. The summed E-state index contributed by atoms with van der Waals surface area (Å²) >= 11 is 7.17. The van der Waals surface area contributed by atoms with E-state index in [1.54, 1.807) is 37.3 Å². The topological polar surface area (TPSA) is 117 Å². The number of amides is 2. The summed E-state index contributed by atoms with van der Waals surface area (Å²) in [7, 11) is 0. The molecule has 1 aromatic heterocycles. The molecule has 8 nitrogen and oxygen atoms in total. The van der Waals surface area contributed by atoms with E-state index in [0.717, 1.165) is 22.9 Å². The molecule has 0 radical (unpaired) electrons.